The van der Waals surface area contributed by atoms with Gasteiger partial charge >= 0.3 is 12.1 Å². The number of hydrogen-bond acceptors (Lipinski definition) is 3. The molecular formula is C14H23NO4. The van der Waals surface area contributed by atoms with E-state index < -0.39 is 23.7 Å². The molecule has 0 aliphatic carbocycles. The summed E-state index contributed by atoms with van der Waals surface area (Å²) in [5, 5.41) is 9.27. The molecular weight excluding hydrogens is 246 g/mol. The monoisotopic (exact) mass is 269 g/mol. The van der Waals surface area contributed by atoms with Crippen molar-refractivity contribution in [2.75, 3.05) is 6.54 Å². The fourth-order valence-electron chi connectivity index (χ4n) is 2.11. The quantitative estimate of drug-likeness (QED) is 0.783. The highest BCUT2D eigenvalue weighted by Crippen LogP contribution is 2.25. The van der Waals surface area contributed by atoms with Gasteiger partial charge in [-0.2, -0.15) is 0 Å². The van der Waals surface area contributed by atoms with E-state index in [1.54, 1.807) is 20.8 Å². The molecule has 1 unspecified atom stereocenters. The lowest BCUT2D eigenvalue weighted by atomic mass is 9.96. The van der Waals surface area contributed by atoms with E-state index in [-0.39, 0.29) is 0 Å². The Hall–Kier alpha value is -1.52. The van der Waals surface area contributed by atoms with Crippen molar-refractivity contribution in [1.29, 1.82) is 0 Å². The van der Waals surface area contributed by atoms with Gasteiger partial charge in [-0.3, -0.25) is 4.90 Å². The first kappa shape index (κ1) is 15.5. The molecule has 1 amide bonds. The number of carboxylic acids is 1. The molecule has 1 saturated heterocycles. The highest BCUT2D eigenvalue weighted by Gasteiger charge is 2.36. The van der Waals surface area contributed by atoms with Crippen LogP contribution < -0.4 is 0 Å². The second-order valence-corrected chi connectivity index (χ2v) is 5.75. The highest BCUT2D eigenvalue weighted by molar-refractivity contribution is 5.81. The van der Waals surface area contributed by atoms with Crippen molar-refractivity contribution in [3.63, 3.8) is 0 Å². The molecule has 0 radical (unpaired) electrons. The highest BCUT2D eigenvalue weighted by atomic mass is 16.6. The molecule has 1 rings (SSSR count). The van der Waals surface area contributed by atoms with E-state index in [0.717, 1.165) is 18.4 Å². The average Bonchev–Trinajstić information content (AvgIpc) is 2.26. The molecule has 1 N–H and O–H groups in total. The molecule has 0 spiro atoms. The maximum atomic E-state index is 12.0. The number of carboxylic acid groups (broad SMARTS) is 1. The molecule has 0 bridgehead atoms. The van der Waals surface area contributed by atoms with Crippen LogP contribution in [0.25, 0.3) is 0 Å². The van der Waals surface area contributed by atoms with Crippen LogP contribution in [0.1, 0.15) is 47.0 Å². The Morgan fingerprint density at radius 3 is 2.58 bits per heavy atom. The van der Waals surface area contributed by atoms with Crippen LogP contribution in [-0.2, 0) is 9.53 Å². The third kappa shape index (κ3) is 4.58. The molecule has 0 aromatic carbocycles. The molecule has 0 saturated carbocycles. The van der Waals surface area contributed by atoms with Crippen LogP contribution in [-0.4, -0.2) is 40.3 Å². The van der Waals surface area contributed by atoms with Gasteiger partial charge in [0, 0.05) is 6.54 Å². The molecule has 1 aliphatic rings. The van der Waals surface area contributed by atoms with E-state index >= 15 is 0 Å². The zero-order chi connectivity index (χ0) is 14.6. The maximum Gasteiger partial charge on any atom is 0.411 e. The summed E-state index contributed by atoms with van der Waals surface area (Å²) in [5.74, 6) is -0.979. The minimum Gasteiger partial charge on any atom is -0.480 e. The maximum absolute atomic E-state index is 12.0. The van der Waals surface area contributed by atoms with E-state index in [1.165, 1.54) is 4.90 Å². The molecule has 19 heavy (non-hydrogen) atoms. The minimum atomic E-state index is -0.979. The second kappa shape index (κ2) is 6.08. The smallest absolute Gasteiger partial charge is 0.411 e. The van der Waals surface area contributed by atoms with Gasteiger partial charge in [0.05, 0.1) is 0 Å². The van der Waals surface area contributed by atoms with Crippen LogP contribution >= 0.6 is 0 Å². The Balaban J connectivity index is 2.80. The van der Waals surface area contributed by atoms with Gasteiger partial charge < -0.3 is 9.84 Å². The SMILES string of the molecule is CC/C=C1/CCN(C(=O)OC(C)(C)C)C(C(=O)O)C1. The van der Waals surface area contributed by atoms with Gasteiger partial charge in [0.25, 0.3) is 0 Å². The number of ether oxygens (including phenoxy) is 1. The van der Waals surface area contributed by atoms with E-state index in [0.29, 0.717) is 13.0 Å². The van der Waals surface area contributed by atoms with Crippen molar-refractivity contribution in [3.8, 4) is 0 Å². The number of hydrogen-bond donors (Lipinski definition) is 1. The van der Waals surface area contributed by atoms with Crippen molar-refractivity contribution < 1.29 is 19.4 Å². The van der Waals surface area contributed by atoms with Crippen LogP contribution in [0.4, 0.5) is 4.79 Å². The zero-order valence-electron chi connectivity index (χ0n) is 12.1. The van der Waals surface area contributed by atoms with Gasteiger partial charge in [0.1, 0.15) is 11.6 Å². The molecule has 108 valence electrons. The van der Waals surface area contributed by atoms with Crippen molar-refractivity contribution in [3.05, 3.63) is 11.6 Å². The molecule has 1 atom stereocenters. The van der Waals surface area contributed by atoms with E-state index in [9.17, 15) is 14.7 Å². The first-order valence-electron chi connectivity index (χ1n) is 6.65. The number of amides is 1. The fraction of sp³-hybridized carbons (Fsp3) is 0.714. The summed E-state index contributed by atoms with van der Waals surface area (Å²) in [6.45, 7) is 7.73. The first-order valence-corrected chi connectivity index (χ1v) is 6.65. The average molecular weight is 269 g/mol. The number of nitrogens with zero attached hydrogens (tertiary/aromatic N) is 1. The molecule has 0 aromatic heterocycles. The molecule has 5 heteroatoms. The van der Waals surface area contributed by atoms with Gasteiger partial charge in [-0.05, 0) is 40.0 Å². The van der Waals surface area contributed by atoms with Crippen LogP contribution in [0.2, 0.25) is 0 Å². The normalized spacial score (nSPS) is 22.4. The molecule has 1 aliphatic heterocycles. The third-order valence-corrected chi connectivity index (χ3v) is 2.91. The van der Waals surface area contributed by atoms with Gasteiger partial charge in [0.2, 0.25) is 0 Å². The lowest BCUT2D eigenvalue weighted by Crippen LogP contribution is -2.50. The zero-order valence-corrected chi connectivity index (χ0v) is 12.1. The summed E-state index contributed by atoms with van der Waals surface area (Å²) < 4.78 is 5.26. The van der Waals surface area contributed by atoms with Crippen molar-refractivity contribution in [1.82, 2.24) is 4.90 Å². The number of allylic oxidation sites excluding steroid dienone is 1. The fourth-order valence-corrected chi connectivity index (χ4v) is 2.11. The van der Waals surface area contributed by atoms with E-state index in [2.05, 4.69) is 0 Å². The Bertz CT molecular complexity index is 381. The Kier molecular flexibility index (Phi) is 4.97. The predicted octanol–water partition coefficient (Wildman–Crippen LogP) is 2.81. The number of piperidine rings is 1. The summed E-state index contributed by atoms with van der Waals surface area (Å²) in [6, 6.07) is -0.818. The molecule has 1 fully saturated rings. The molecule has 0 aromatic rings. The summed E-state index contributed by atoms with van der Waals surface area (Å²) in [4.78, 5) is 24.6. The summed E-state index contributed by atoms with van der Waals surface area (Å²) >= 11 is 0. The Labute approximate surface area is 114 Å². The minimum absolute atomic E-state index is 0.391. The van der Waals surface area contributed by atoms with Crippen LogP contribution in [0.5, 0.6) is 0 Å². The predicted molar refractivity (Wildman–Crippen MR) is 72.0 cm³/mol. The lowest BCUT2D eigenvalue weighted by Gasteiger charge is -2.35. The number of carbonyl (C=O) groups excluding carboxylic acids is 1. The first-order chi connectivity index (χ1) is 8.74. The second-order valence-electron chi connectivity index (χ2n) is 5.75. The lowest BCUT2D eigenvalue weighted by molar-refractivity contribution is -0.143. The number of carbonyl (C=O) groups is 2. The van der Waals surface area contributed by atoms with Crippen molar-refractivity contribution >= 4 is 12.1 Å². The standard InChI is InChI=1S/C14H23NO4/c1-5-6-10-7-8-15(11(9-10)12(16)17)13(18)19-14(2,3)4/h6,11H,5,7-9H2,1-4H3,(H,16,17)/b10-6-. The summed E-state index contributed by atoms with van der Waals surface area (Å²) in [7, 11) is 0. The third-order valence-electron chi connectivity index (χ3n) is 2.91. The number of aliphatic carboxylic acids is 1. The van der Waals surface area contributed by atoms with E-state index in [1.807, 2.05) is 13.0 Å². The molecule has 5 nitrogen and oxygen atoms in total. The van der Waals surface area contributed by atoms with Crippen LogP contribution in [0.3, 0.4) is 0 Å². The topological polar surface area (TPSA) is 66.8 Å². The number of likely N-dealkylation sites (tertiary alicyclic amines) is 1. The Morgan fingerprint density at radius 2 is 2.11 bits per heavy atom. The van der Waals surface area contributed by atoms with Gasteiger partial charge in [-0.25, -0.2) is 9.59 Å². The van der Waals surface area contributed by atoms with Gasteiger partial charge in [-0.15, -0.1) is 0 Å². The van der Waals surface area contributed by atoms with Crippen molar-refractivity contribution in [2.24, 2.45) is 0 Å². The van der Waals surface area contributed by atoms with Gasteiger partial charge in [-0.1, -0.05) is 18.6 Å². The van der Waals surface area contributed by atoms with Crippen LogP contribution in [0, 0.1) is 0 Å². The summed E-state index contributed by atoms with van der Waals surface area (Å²) in [5.41, 5.74) is 0.495. The van der Waals surface area contributed by atoms with Crippen molar-refractivity contribution in [2.45, 2.75) is 58.6 Å². The van der Waals surface area contributed by atoms with E-state index in [4.69, 9.17) is 4.74 Å². The van der Waals surface area contributed by atoms with Gasteiger partial charge in [0.15, 0.2) is 0 Å². The molecule has 1 heterocycles. The number of rotatable bonds is 2. The Morgan fingerprint density at radius 1 is 1.47 bits per heavy atom. The van der Waals surface area contributed by atoms with Crippen LogP contribution in [0.15, 0.2) is 11.6 Å². The summed E-state index contributed by atoms with van der Waals surface area (Å²) in [6.07, 6.45) is 3.49. The largest absolute Gasteiger partial charge is 0.480 e.